The number of methoxy groups -OCH3 is 1. The van der Waals surface area contributed by atoms with Gasteiger partial charge in [-0.1, -0.05) is 59.1 Å². The summed E-state index contributed by atoms with van der Waals surface area (Å²) in [5.41, 5.74) is 3.83. The number of sulfonamides is 2. The van der Waals surface area contributed by atoms with E-state index >= 15 is 0 Å². The van der Waals surface area contributed by atoms with Gasteiger partial charge in [-0.2, -0.15) is 8.61 Å². The summed E-state index contributed by atoms with van der Waals surface area (Å²) in [7, 11) is -5.44. The number of benzene rings is 4. The van der Waals surface area contributed by atoms with E-state index in [1.54, 1.807) is 66.2 Å². The van der Waals surface area contributed by atoms with E-state index in [1.165, 1.54) is 20.7 Å². The van der Waals surface area contributed by atoms with Crippen LogP contribution in [0.15, 0.2) is 118 Å². The molecule has 0 atom stereocenters. The second kappa shape index (κ2) is 18.0. The molecule has 18 heteroatoms. The zero-order chi connectivity index (χ0) is 40.2. The minimum atomic E-state index is -3.54. The average molecular weight is 904 g/mol. The van der Waals surface area contributed by atoms with Gasteiger partial charge in [0.1, 0.15) is 5.75 Å². The average Bonchev–Trinajstić information content (AvgIpc) is 3.93. The fourth-order valence-corrected chi connectivity index (χ4v) is 11.6. The number of thiazole rings is 2. The van der Waals surface area contributed by atoms with Crippen molar-refractivity contribution in [1.82, 2.24) is 18.6 Å². The first-order chi connectivity index (χ1) is 27.4. The van der Waals surface area contributed by atoms with Crippen LogP contribution in [-0.2, 0) is 20.0 Å². The van der Waals surface area contributed by atoms with Crippen LogP contribution in [0.2, 0.25) is 15.1 Å². The molecule has 2 aromatic heterocycles. The zero-order valence-corrected chi connectivity index (χ0v) is 36.1. The molecule has 0 amide bonds. The third-order valence-corrected chi connectivity index (χ3v) is 15.7. The van der Waals surface area contributed by atoms with Crippen molar-refractivity contribution in [3.63, 3.8) is 0 Å². The minimum absolute atomic E-state index is 0.229. The lowest BCUT2D eigenvalue weighted by Gasteiger charge is -2.33. The van der Waals surface area contributed by atoms with Crippen LogP contribution in [0.5, 0.6) is 5.75 Å². The van der Waals surface area contributed by atoms with E-state index in [-0.39, 0.29) is 9.79 Å². The number of hydrogen-bond donors (Lipinski definition) is 0. The van der Waals surface area contributed by atoms with Crippen molar-refractivity contribution in [2.75, 3.05) is 69.3 Å². The first-order valence-corrected chi connectivity index (χ1v) is 23.5. The van der Waals surface area contributed by atoms with Crippen molar-refractivity contribution in [3.05, 3.63) is 123 Å². The summed E-state index contributed by atoms with van der Waals surface area (Å²) < 4.78 is 59.6. The molecule has 2 aliphatic rings. The van der Waals surface area contributed by atoms with Gasteiger partial charge in [0.05, 0.1) is 28.3 Å². The lowest BCUT2D eigenvalue weighted by atomic mass is 10.2. The molecule has 8 rings (SSSR count). The largest absolute Gasteiger partial charge is 0.497 e. The molecule has 0 N–H and O–H groups in total. The predicted molar refractivity (Wildman–Crippen MR) is 232 cm³/mol. The zero-order valence-electron chi connectivity index (χ0n) is 30.5. The van der Waals surface area contributed by atoms with E-state index in [0.717, 1.165) is 38.5 Å². The lowest BCUT2D eigenvalue weighted by Crippen LogP contribution is -2.48. The lowest BCUT2D eigenvalue weighted by molar-refractivity contribution is 0.384. The molecular weight excluding hydrogens is 867 g/mol. The van der Waals surface area contributed by atoms with Gasteiger partial charge in [-0.05, 0) is 72.8 Å². The van der Waals surface area contributed by atoms with Crippen LogP contribution in [0.25, 0.3) is 22.5 Å². The standard InChI is InChI=1S/C20H20ClN3O3S2.C19H17Cl2N3O2S2/c1-27-17-7-5-15(6-8-17)19-14-28-20(22-19)23-9-11-24(12-10-23)29(25,26)18-4-2-3-16(21)13-18;20-15-6-4-14(5-7-15)18-13-27-19(22-18)23-8-10-24(11-9-23)28(25,26)17-3-1-2-16(21)12-17/h2-8,13-14H,9-12H2,1H3;1-7,12-13H,8-11H2. The van der Waals surface area contributed by atoms with Crippen molar-refractivity contribution in [1.29, 1.82) is 0 Å². The Kier molecular flexibility index (Phi) is 13.1. The summed E-state index contributed by atoms with van der Waals surface area (Å²) in [5, 5.41) is 7.34. The second-order valence-electron chi connectivity index (χ2n) is 13.0. The molecular formula is C39H37Cl3N6O5S4. The Hall–Kier alpha value is -3.77. The molecule has 2 saturated heterocycles. The van der Waals surface area contributed by atoms with Crippen LogP contribution in [0.4, 0.5) is 10.3 Å². The van der Waals surface area contributed by atoms with Gasteiger partial charge in [-0.15, -0.1) is 22.7 Å². The van der Waals surface area contributed by atoms with Gasteiger partial charge in [0.15, 0.2) is 10.3 Å². The van der Waals surface area contributed by atoms with E-state index in [1.807, 2.05) is 59.3 Å². The molecule has 0 bridgehead atoms. The summed E-state index contributed by atoms with van der Waals surface area (Å²) in [5.74, 6) is 0.807. The number of anilines is 2. The Morgan fingerprint density at radius 2 is 0.947 bits per heavy atom. The number of nitrogens with zero attached hydrogens (tertiary/aromatic N) is 6. The molecule has 4 heterocycles. The van der Waals surface area contributed by atoms with E-state index in [2.05, 4.69) is 9.80 Å². The highest BCUT2D eigenvalue weighted by Gasteiger charge is 2.31. The van der Waals surface area contributed by atoms with Crippen molar-refractivity contribution in [2.45, 2.75) is 9.79 Å². The number of hydrogen-bond acceptors (Lipinski definition) is 11. The first-order valence-electron chi connectivity index (χ1n) is 17.7. The Morgan fingerprint density at radius 3 is 1.33 bits per heavy atom. The molecule has 0 spiro atoms. The van der Waals surface area contributed by atoms with Gasteiger partial charge in [0.25, 0.3) is 0 Å². The van der Waals surface area contributed by atoms with Gasteiger partial charge in [0, 0.05) is 89.3 Å². The summed E-state index contributed by atoms with van der Waals surface area (Å²) in [6, 6.07) is 28.1. The van der Waals surface area contributed by atoms with Gasteiger partial charge in [0.2, 0.25) is 20.0 Å². The van der Waals surface area contributed by atoms with Crippen LogP contribution in [-0.4, -0.2) is 94.9 Å². The molecule has 2 aliphatic heterocycles. The molecule has 4 aromatic carbocycles. The molecule has 0 unspecified atom stereocenters. The predicted octanol–water partition coefficient (Wildman–Crippen LogP) is 8.61. The van der Waals surface area contributed by atoms with E-state index in [0.29, 0.717) is 67.4 Å². The second-order valence-corrected chi connectivity index (χ2v) is 19.8. The highest BCUT2D eigenvalue weighted by Crippen LogP contribution is 2.32. The Morgan fingerprint density at radius 1 is 0.544 bits per heavy atom. The third kappa shape index (κ3) is 9.75. The Labute approximate surface area is 355 Å². The number of ether oxygens (including phenoxy) is 1. The maximum Gasteiger partial charge on any atom is 0.243 e. The van der Waals surface area contributed by atoms with E-state index < -0.39 is 20.0 Å². The Bertz CT molecular complexity index is 2520. The van der Waals surface area contributed by atoms with Crippen LogP contribution < -0.4 is 14.5 Å². The summed E-state index contributed by atoms with van der Waals surface area (Å²) in [6.07, 6.45) is 0. The number of halogens is 3. The molecule has 2 fully saturated rings. The fourth-order valence-electron chi connectivity index (χ4n) is 6.26. The molecule has 0 aliphatic carbocycles. The van der Waals surface area contributed by atoms with Crippen molar-refractivity contribution < 1.29 is 21.6 Å². The van der Waals surface area contributed by atoms with Crippen molar-refractivity contribution in [2.24, 2.45) is 0 Å². The molecule has 6 aromatic rings. The van der Waals surface area contributed by atoms with E-state index in [4.69, 9.17) is 49.5 Å². The van der Waals surface area contributed by atoms with Crippen LogP contribution in [0, 0.1) is 0 Å². The number of aromatic nitrogens is 2. The van der Waals surface area contributed by atoms with Crippen LogP contribution >= 0.6 is 57.5 Å². The minimum Gasteiger partial charge on any atom is -0.497 e. The Balaban J connectivity index is 0.000000174. The summed E-state index contributed by atoms with van der Waals surface area (Å²) >= 11 is 21.0. The van der Waals surface area contributed by atoms with Crippen LogP contribution in [0.1, 0.15) is 0 Å². The monoisotopic (exact) mass is 902 g/mol. The van der Waals surface area contributed by atoms with E-state index in [9.17, 15) is 16.8 Å². The van der Waals surface area contributed by atoms with Crippen molar-refractivity contribution >= 4 is 87.8 Å². The smallest absolute Gasteiger partial charge is 0.243 e. The quantitative estimate of drug-likeness (QED) is 0.141. The normalized spacial score (nSPS) is 15.6. The van der Waals surface area contributed by atoms with Crippen molar-refractivity contribution in [3.8, 4) is 28.3 Å². The highest BCUT2D eigenvalue weighted by atomic mass is 35.5. The van der Waals surface area contributed by atoms with Gasteiger partial charge in [-0.25, -0.2) is 26.8 Å². The highest BCUT2D eigenvalue weighted by molar-refractivity contribution is 7.89. The van der Waals surface area contributed by atoms with Gasteiger partial charge >= 0.3 is 0 Å². The molecule has 0 saturated carbocycles. The summed E-state index contributed by atoms with van der Waals surface area (Å²) in [4.78, 5) is 14.1. The number of piperazine rings is 2. The molecule has 11 nitrogen and oxygen atoms in total. The maximum atomic E-state index is 12.8. The summed E-state index contributed by atoms with van der Waals surface area (Å²) in [6.45, 7) is 4.00. The maximum absolute atomic E-state index is 12.8. The molecule has 298 valence electrons. The topological polar surface area (TPSA) is 116 Å². The van der Waals surface area contributed by atoms with Gasteiger partial charge < -0.3 is 14.5 Å². The molecule has 57 heavy (non-hydrogen) atoms. The first kappa shape index (κ1) is 41.4. The molecule has 0 radical (unpaired) electrons. The third-order valence-electron chi connectivity index (χ3n) is 9.40. The van der Waals surface area contributed by atoms with Crippen LogP contribution in [0.3, 0.4) is 0 Å². The SMILES string of the molecule is COc1ccc(-c2csc(N3CCN(S(=O)(=O)c4cccc(Cl)c4)CC3)n2)cc1.O=S(=O)(c1cccc(Cl)c1)N1CCN(c2nc(-c3ccc(Cl)cc3)cs2)CC1. The number of rotatable bonds is 9. The fraction of sp³-hybridized carbons (Fsp3) is 0.231. The van der Waals surface area contributed by atoms with Gasteiger partial charge in [-0.3, -0.25) is 0 Å².